The van der Waals surface area contributed by atoms with E-state index < -0.39 is 12.1 Å². The molecule has 1 unspecified atom stereocenters. The SMILES string of the molecule is O=C(O)c1ccccc1C(F)C1CC1. The number of carboxylic acid groups (broad SMARTS) is 1. The number of hydrogen-bond acceptors (Lipinski definition) is 1. The Hall–Kier alpha value is -1.38. The van der Waals surface area contributed by atoms with E-state index in [0.29, 0.717) is 5.56 Å². The van der Waals surface area contributed by atoms with E-state index in [1.165, 1.54) is 6.07 Å². The number of aromatic carboxylic acids is 1. The molecule has 0 aliphatic heterocycles. The van der Waals surface area contributed by atoms with Crippen molar-refractivity contribution >= 4 is 5.97 Å². The van der Waals surface area contributed by atoms with Crippen LogP contribution in [0, 0.1) is 5.92 Å². The minimum atomic E-state index is -1.11. The molecule has 0 spiro atoms. The molecule has 0 radical (unpaired) electrons. The second-order valence-corrected chi connectivity index (χ2v) is 3.63. The van der Waals surface area contributed by atoms with Gasteiger partial charge < -0.3 is 5.11 Å². The van der Waals surface area contributed by atoms with Crippen LogP contribution in [0.3, 0.4) is 0 Å². The van der Waals surface area contributed by atoms with Gasteiger partial charge in [-0.2, -0.15) is 0 Å². The first-order chi connectivity index (χ1) is 6.70. The van der Waals surface area contributed by atoms with Crippen LogP contribution >= 0.6 is 0 Å². The molecule has 1 fully saturated rings. The summed E-state index contributed by atoms with van der Waals surface area (Å²) < 4.78 is 13.7. The molecule has 0 heterocycles. The van der Waals surface area contributed by atoms with E-state index in [-0.39, 0.29) is 11.5 Å². The lowest BCUT2D eigenvalue weighted by molar-refractivity contribution is 0.0693. The first-order valence-corrected chi connectivity index (χ1v) is 4.66. The van der Waals surface area contributed by atoms with E-state index in [9.17, 15) is 9.18 Å². The summed E-state index contributed by atoms with van der Waals surface area (Å²) in [6.07, 6.45) is 0.631. The maximum absolute atomic E-state index is 13.7. The lowest BCUT2D eigenvalue weighted by Crippen LogP contribution is -2.05. The Morgan fingerprint density at radius 1 is 1.43 bits per heavy atom. The maximum atomic E-state index is 13.7. The van der Waals surface area contributed by atoms with Crippen molar-refractivity contribution in [3.8, 4) is 0 Å². The zero-order valence-corrected chi connectivity index (χ0v) is 7.61. The maximum Gasteiger partial charge on any atom is 0.336 e. The monoisotopic (exact) mass is 194 g/mol. The Labute approximate surface area is 81.4 Å². The van der Waals surface area contributed by atoms with Gasteiger partial charge in [-0.1, -0.05) is 18.2 Å². The Bertz CT molecular complexity index is 358. The average molecular weight is 194 g/mol. The molecule has 0 saturated heterocycles. The molecule has 1 aromatic rings. The molecule has 2 rings (SSSR count). The zero-order chi connectivity index (χ0) is 10.1. The fourth-order valence-corrected chi connectivity index (χ4v) is 1.58. The fourth-order valence-electron chi connectivity index (χ4n) is 1.58. The molecule has 3 heteroatoms. The van der Waals surface area contributed by atoms with Crippen LogP contribution in [0.2, 0.25) is 0 Å². The third-order valence-corrected chi connectivity index (χ3v) is 2.52. The number of carboxylic acids is 1. The van der Waals surface area contributed by atoms with Gasteiger partial charge in [0, 0.05) is 5.56 Å². The summed E-state index contributed by atoms with van der Waals surface area (Å²) in [6.45, 7) is 0. The van der Waals surface area contributed by atoms with Crippen LogP contribution < -0.4 is 0 Å². The molecule has 1 atom stereocenters. The number of carbonyl (C=O) groups is 1. The van der Waals surface area contributed by atoms with Crippen molar-refractivity contribution in [1.82, 2.24) is 0 Å². The molecule has 0 amide bonds. The van der Waals surface area contributed by atoms with Crippen molar-refractivity contribution in [2.75, 3.05) is 0 Å². The van der Waals surface area contributed by atoms with Gasteiger partial charge in [-0.25, -0.2) is 9.18 Å². The standard InChI is InChI=1S/C11H11FO2/c12-10(7-5-6-7)8-3-1-2-4-9(8)11(13)14/h1-4,7,10H,5-6H2,(H,13,14). The first kappa shape index (κ1) is 9.19. The quantitative estimate of drug-likeness (QED) is 0.803. The summed E-state index contributed by atoms with van der Waals surface area (Å²) in [5.41, 5.74) is 0.411. The van der Waals surface area contributed by atoms with Gasteiger partial charge >= 0.3 is 5.97 Å². The second-order valence-electron chi connectivity index (χ2n) is 3.63. The highest BCUT2D eigenvalue weighted by Crippen LogP contribution is 2.44. The molecule has 0 aromatic heterocycles. The average Bonchev–Trinajstić information content (AvgIpc) is 3.00. The van der Waals surface area contributed by atoms with Crippen LogP contribution in [0.15, 0.2) is 24.3 Å². The van der Waals surface area contributed by atoms with Gasteiger partial charge in [-0.3, -0.25) is 0 Å². The predicted octanol–water partition coefficient (Wildman–Crippen LogP) is 2.81. The van der Waals surface area contributed by atoms with E-state index in [0.717, 1.165) is 12.8 Å². The van der Waals surface area contributed by atoms with Crippen molar-refractivity contribution in [1.29, 1.82) is 0 Å². The summed E-state index contributed by atoms with van der Waals surface area (Å²) in [7, 11) is 0. The number of hydrogen-bond donors (Lipinski definition) is 1. The number of benzene rings is 1. The smallest absolute Gasteiger partial charge is 0.336 e. The lowest BCUT2D eigenvalue weighted by Gasteiger charge is -2.09. The normalized spacial score (nSPS) is 17.8. The molecule has 1 N–H and O–H groups in total. The molecule has 74 valence electrons. The van der Waals surface area contributed by atoms with Crippen LogP contribution in [-0.2, 0) is 0 Å². The van der Waals surface area contributed by atoms with Crippen LogP contribution in [0.1, 0.15) is 34.9 Å². The van der Waals surface area contributed by atoms with Crippen molar-refractivity contribution in [2.24, 2.45) is 5.92 Å². The highest BCUT2D eigenvalue weighted by Gasteiger charge is 2.34. The largest absolute Gasteiger partial charge is 0.478 e. The summed E-state index contributed by atoms with van der Waals surface area (Å²) in [5.74, 6) is -1.01. The van der Waals surface area contributed by atoms with E-state index in [2.05, 4.69) is 0 Å². The third-order valence-electron chi connectivity index (χ3n) is 2.52. The fraction of sp³-hybridized carbons (Fsp3) is 0.364. The van der Waals surface area contributed by atoms with Gasteiger partial charge in [0.1, 0.15) is 6.17 Å². The molecule has 2 nitrogen and oxygen atoms in total. The highest BCUT2D eigenvalue weighted by molar-refractivity contribution is 5.89. The minimum absolute atomic E-state index is 0.0375. The zero-order valence-electron chi connectivity index (χ0n) is 7.61. The Balaban J connectivity index is 2.34. The Kier molecular flexibility index (Phi) is 2.23. The minimum Gasteiger partial charge on any atom is -0.478 e. The molecular formula is C11H11FO2. The van der Waals surface area contributed by atoms with Gasteiger partial charge in [-0.15, -0.1) is 0 Å². The molecule has 1 aromatic carbocycles. The van der Waals surface area contributed by atoms with E-state index >= 15 is 0 Å². The number of alkyl halides is 1. The van der Waals surface area contributed by atoms with Crippen LogP contribution in [-0.4, -0.2) is 11.1 Å². The number of rotatable bonds is 3. The summed E-state index contributed by atoms with van der Waals surface area (Å²) >= 11 is 0. The van der Waals surface area contributed by atoms with E-state index in [1.54, 1.807) is 18.2 Å². The lowest BCUT2D eigenvalue weighted by atomic mass is 10.0. The molecule has 1 aliphatic rings. The summed E-state index contributed by atoms with van der Waals surface area (Å²) in [4.78, 5) is 10.8. The molecule has 1 saturated carbocycles. The van der Waals surface area contributed by atoms with Crippen molar-refractivity contribution < 1.29 is 14.3 Å². The topological polar surface area (TPSA) is 37.3 Å². The number of halogens is 1. The van der Waals surface area contributed by atoms with Gasteiger partial charge in [0.2, 0.25) is 0 Å². The molecule has 14 heavy (non-hydrogen) atoms. The van der Waals surface area contributed by atoms with Crippen LogP contribution in [0.4, 0.5) is 4.39 Å². The second kappa shape index (κ2) is 3.40. The summed E-state index contributed by atoms with van der Waals surface area (Å²) in [6, 6.07) is 6.31. The van der Waals surface area contributed by atoms with Crippen molar-refractivity contribution in [2.45, 2.75) is 19.0 Å². The molecule has 0 bridgehead atoms. The van der Waals surface area contributed by atoms with Crippen molar-refractivity contribution in [3.63, 3.8) is 0 Å². The van der Waals surface area contributed by atoms with Gasteiger partial charge in [0.25, 0.3) is 0 Å². The van der Waals surface area contributed by atoms with Gasteiger partial charge in [0.05, 0.1) is 5.56 Å². The Morgan fingerprint density at radius 3 is 2.64 bits per heavy atom. The third kappa shape index (κ3) is 1.62. The van der Waals surface area contributed by atoms with Crippen LogP contribution in [0.5, 0.6) is 0 Å². The van der Waals surface area contributed by atoms with E-state index in [1.807, 2.05) is 0 Å². The van der Waals surface area contributed by atoms with E-state index in [4.69, 9.17) is 5.11 Å². The Morgan fingerprint density at radius 2 is 2.07 bits per heavy atom. The van der Waals surface area contributed by atoms with Crippen molar-refractivity contribution in [3.05, 3.63) is 35.4 Å². The van der Waals surface area contributed by atoms with Gasteiger partial charge in [0.15, 0.2) is 0 Å². The first-order valence-electron chi connectivity index (χ1n) is 4.66. The molecular weight excluding hydrogens is 183 g/mol. The van der Waals surface area contributed by atoms with Gasteiger partial charge in [-0.05, 0) is 24.8 Å². The molecule has 1 aliphatic carbocycles. The van der Waals surface area contributed by atoms with Crippen LogP contribution in [0.25, 0.3) is 0 Å². The summed E-state index contributed by atoms with van der Waals surface area (Å²) in [5, 5.41) is 8.85. The highest BCUT2D eigenvalue weighted by atomic mass is 19.1. The predicted molar refractivity (Wildman–Crippen MR) is 50.0 cm³/mol.